The van der Waals surface area contributed by atoms with Crippen molar-refractivity contribution in [1.29, 1.82) is 0 Å². The lowest BCUT2D eigenvalue weighted by atomic mass is 10.00. The van der Waals surface area contributed by atoms with Gasteiger partial charge in [-0.05, 0) is 37.6 Å². The number of anilines is 1. The first-order valence-corrected chi connectivity index (χ1v) is 12.3. The number of piperazine rings is 1. The molecule has 0 unspecified atom stereocenters. The minimum absolute atomic E-state index is 0.0908. The zero-order valence-corrected chi connectivity index (χ0v) is 22.1. The Bertz CT molecular complexity index is 1370. The third-order valence-electron chi connectivity index (χ3n) is 6.22. The summed E-state index contributed by atoms with van der Waals surface area (Å²) in [7, 11) is 0. The zero-order valence-electron chi connectivity index (χ0n) is 22.1. The number of nitrogens with two attached hydrogens (primary N) is 1. The maximum absolute atomic E-state index is 13.6. The molecule has 1 saturated heterocycles. The number of carbonyl (C=O) groups excluding carboxylic acids is 4. The molecule has 1 fully saturated rings. The van der Waals surface area contributed by atoms with E-state index in [-0.39, 0.29) is 61.9 Å². The van der Waals surface area contributed by atoms with Gasteiger partial charge in [0.2, 0.25) is 0 Å². The number of nitrogens with one attached hydrogen (secondary N) is 1. The van der Waals surface area contributed by atoms with E-state index < -0.39 is 41.1 Å². The molecule has 0 saturated carbocycles. The Balaban J connectivity index is 1.69. The molecule has 3 N–H and O–H groups in total. The molecule has 1 aromatic carbocycles. The SMILES string of the molecule is CCC(=O)Cc1ccc(-n2ccc(NC(=O)N3CCN(C(=O)C(C)(C)OC(N)=O)CC3)nc2=O)cc1C(F)(F)F. The van der Waals surface area contributed by atoms with E-state index in [1.807, 2.05) is 0 Å². The molecule has 15 heteroatoms. The van der Waals surface area contributed by atoms with Gasteiger partial charge in [0.05, 0.1) is 11.3 Å². The highest BCUT2D eigenvalue weighted by Crippen LogP contribution is 2.33. The number of aromatic nitrogens is 2. The summed E-state index contributed by atoms with van der Waals surface area (Å²) in [6, 6.07) is 3.86. The van der Waals surface area contributed by atoms with Gasteiger partial charge in [0.1, 0.15) is 11.6 Å². The van der Waals surface area contributed by atoms with Crippen molar-refractivity contribution < 1.29 is 37.1 Å². The molecule has 216 valence electrons. The number of ether oxygens (including phenoxy) is 1. The van der Waals surface area contributed by atoms with Gasteiger partial charge in [0.15, 0.2) is 5.60 Å². The van der Waals surface area contributed by atoms with Crippen molar-refractivity contribution in [3.8, 4) is 5.69 Å². The van der Waals surface area contributed by atoms with Gasteiger partial charge >= 0.3 is 24.0 Å². The molecule has 12 nitrogen and oxygen atoms in total. The average Bonchev–Trinajstić information content (AvgIpc) is 2.87. The second kappa shape index (κ2) is 11.8. The Labute approximate surface area is 226 Å². The second-order valence-corrected chi connectivity index (χ2v) is 9.51. The van der Waals surface area contributed by atoms with Crippen molar-refractivity contribution in [1.82, 2.24) is 19.4 Å². The smallest absolute Gasteiger partial charge is 0.416 e. The van der Waals surface area contributed by atoms with E-state index in [4.69, 9.17) is 10.5 Å². The first kappa shape index (κ1) is 30.1. The third kappa shape index (κ3) is 7.15. The van der Waals surface area contributed by atoms with Crippen molar-refractivity contribution in [3.63, 3.8) is 0 Å². The Morgan fingerprint density at radius 3 is 2.23 bits per heavy atom. The van der Waals surface area contributed by atoms with Gasteiger partial charge in [-0.1, -0.05) is 13.0 Å². The number of alkyl halides is 3. The minimum atomic E-state index is -4.75. The molecule has 1 aliphatic heterocycles. The lowest BCUT2D eigenvalue weighted by molar-refractivity contribution is -0.149. The van der Waals surface area contributed by atoms with Gasteiger partial charge in [-0.2, -0.15) is 18.2 Å². The molecular weight excluding hydrogens is 537 g/mol. The molecule has 0 spiro atoms. The molecule has 2 aromatic rings. The van der Waals surface area contributed by atoms with Crippen LogP contribution in [-0.4, -0.2) is 74.9 Å². The standard InChI is InChI=1S/C25H29F3N6O6/c1-4-17(35)13-15-5-6-16(14-18(15)25(26,27)28)34-8-7-19(31-23(34)39)30-22(38)33-11-9-32(10-12-33)20(36)24(2,3)40-21(29)37/h5-8,14H,4,9-13H2,1-3H3,(H2,29,37)(H,30,31,38,39). The summed E-state index contributed by atoms with van der Waals surface area (Å²) in [4.78, 5) is 67.2. The zero-order chi connectivity index (χ0) is 29.8. The van der Waals surface area contributed by atoms with Gasteiger partial charge in [0.25, 0.3) is 5.91 Å². The topological polar surface area (TPSA) is 157 Å². The van der Waals surface area contributed by atoms with Crippen LogP contribution in [0.4, 0.5) is 28.6 Å². The van der Waals surface area contributed by atoms with E-state index in [1.165, 1.54) is 42.0 Å². The highest BCUT2D eigenvalue weighted by atomic mass is 19.4. The predicted molar refractivity (Wildman–Crippen MR) is 136 cm³/mol. The molecule has 3 rings (SSSR count). The summed E-state index contributed by atoms with van der Waals surface area (Å²) in [6.07, 6.45) is -4.95. The lowest BCUT2D eigenvalue weighted by Gasteiger charge is -2.37. The van der Waals surface area contributed by atoms with E-state index in [2.05, 4.69) is 10.3 Å². The largest absolute Gasteiger partial charge is 0.434 e. The van der Waals surface area contributed by atoms with Crippen LogP contribution in [0, 0.1) is 0 Å². The van der Waals surface area contributed by atoms with Crippen molar-refractivity contribution in [2.75, 3.05) is 31.5 Å². The van der Waals surface area contributed by atoms with Gasteiger partial charge in [-0.15, -0.1) is 0 Å². The number of carbonyl (C=O) groups is 4. The molecule has 2 heterocycles. The van der Waals surface area contributed by atoms with Crippen LogP contribution in [0.2, 0.25) is 0 Å². The fourth-order valence-electron chi connectivity index (χ4n) is 4.12. The highest BCUT2D eigenvalue weighted by Gasteiger charge is 2.37. The number of amides is 4. The number of nitrogens with zero attached hydrogens (tertiary/aromatic N) is 4. The van der Waals surface area contributed by atoms with Crippen LogP contribution in [0.15, 0.2) is 35.3 Å². The van der Waals surface area contributed by atoms with Crippen molar-refractivity contribution in [3.05, 3.63) is 52.1 Å². The van der Waals surface area contributed by atoms with Gasteiger partial charge in [0, 0.05) is 45.2 Å². The molecule has 4 amide bonds. The average molecular weight is 567 g/mol. The number of primary amides is 1. The number of benzene rings is 1. The molecule has 0 atom stereocenters. The van der Waals surface area contributed by atoms with Crippen LogP contribution < -0.4 is 16.7 Å². The fourth-order valence-corrected chi connectivity index (χ4v) is 4.12. The second-order valence-electron chi connectivity index (χ2n) is 9.51. The summed E-state index contributed by atoms with van der Waals surface area (Å²) in [5.41, 5.74) is 1.26. The quantitative estimate of drug-likeness (QED) is 0.521. The molecule has 40 heavy (non-hydrogen) atoms. The summed E-state index contributed by atoms with van der Waals surface area (Å²) in [6.45, 7) is 4.92. The number of ketones is 1. The van der Waals surface area contributed by atoms with E-state index in [0.717, 1.165) is 16.7 Å². The van der Waals surface area contributed by atoms with Crippen LogP contribution >= 0.6 is 0 Å². The number of Topliss-reactive ketones (excluding diaryl/α,β-unsaturated/α-hetero) is 1. The number of hydrogen-bond acceptors (Lipinski definition) is 7. The van der Waals surface area contributed by atoms with E-state index in [9.17, 15) is 37.1 Å². The van der Waals surface area contributed by atoms with Crippen LogP contribution in [0.3, 0.4) is 0 Å². The van der Waals surface area contributed by atoms with Crippen LogP contribution in [0.25, 0.3) is 5.69 Å². The molecule has 1 aromatic heterocycles. The molecule has 0 bridgehead atoms. The van der Waals surface area contributed by atoms with Crippen LogP contribution in [-0.2, 0) is 26.9 Å². The third-order valence-corrected chi connectivity index (χ3v) is 6.22. The monoisotopic (exact) mass is 566 g/mol. The Hall–Kier alpha value is -4.43. The summed E-state index contributed by atoms with van der Waals surface area (Å²) >= 11 is 0. The van der Waals surface area contributed by atoms with Gasteiger partial charge in [-0.25, -0.2) is 14.4 Å². The summed E-state index contributed by atoms with van der Waals surface area (Å²) in [5.74, 6) is -0.955. The summed E-state index contributed by atoms with van der Waals surface area (Å²) in [5, 5.41) is 2.46. The number of rotatable bonds is 7. The fraction of sp³-hybridized carbons (Fsp3) is 0.440. The number of hydrogen-bond donors (Lipinski definition) is 2. The molecule has 1 aliphatic rings. The first-order chi connectivity index (χ1) is 18.6. The van der Waals surface area contributed by atoms with E-state index in [1.54, 1.807) is 6.92 Å². The Morgan fingerprint density at radius 1 is 1.05 bits per heavy atom. The number of halogens is 3. The first-order valence-electron chi connectivity index (χ1n) is 12.3. The van der Waals surface area contributed by atoms with Crippen LogP contribution in [0.1, 0.15) is 38.3 Å². The Kier molecular flexibility index (Phi) is 8.85. The normalized spacial score (nSPS) is 14.1. The molecule has 0 aliphatic carbocycles. The van der Waals surface area contributed by atoms with Crippen LogP contribution in [0.5, 0.6) is 0 Å². The molecule has 0 radical (unpaired) electrons. The van der Waals surface area contributed by atoms with Crippen molar-refractivity contribution in [2.45, 2.75) is 45.4 Å². The van der Waals surface area contributed by atoms with Crippen molar-refractivity contribution in [2.24, 2.45) is 5.73 Å². The van der Waals surface area contributed by atoms with E-state index >= 15 is 0 Å². The van der Waals surface area contributed by atoms with Gasteiger partial charge in [-0.3, -0.25) is 19.5 Å². The van der Waals surface area contributed by atoms with Crippen molar-refractivity contribution >= 4 is 29.6 Å². The lowest BCUT2D eigenvalue weighted by Crippen LogP contribution is -2.56. The predicted octanol–water partition coefficient (Wildman–Crippen LogP) is 2.32. The maximum atomic E-state index is 13.6. The number of urea groups is 1. The van der Waals surface area contributed by atoms with E-state index in [0.29, 0.717) is 0 Å². The molecular formula is C25H29F3N6O6. The highest BCUT2D eigenvalue weighted by molar-refractivity contribution is 5.89. The van der Waals surface area contributed by atoms with Gasteiger partial charge < -0.3 is 20.3 Å². The minimum Gasteiger partial charge on any atom is -0.434 e. The maximum Gasteiger partial charge on any atom is 0.416 e. The summed E-state index contributed by atoms with van der Waals surface area (Å²) < 4.78 is 46.7. The Morgan fingerprint density at radius 2 is 1.68 bits per heavy atom.